The molecule has 4 nitrogen and oxygen atoms in total. The smallest absolute Gasteiger partial charge is 0.320 e. The average Bonchev–Trinajstić information content (AvgIpc) is 2.03. The van der Waals surface area contributed by atoms with Crippen LogP contribution in [-0.4, -0.2) is 48.3 Å². The van der Waals surface area contributed by atoms with Crippen LogP contribution >= 0.6 is 0 Å². The molecule has 0 aliphatic carbocycles. The normalized spacial score (nSPS) is 12.9. The van der Waals surface area contributed by atoms with E-state index in [4.69, 9.17) is 4.74 Å². The Morgan fingerprint density at radius 3 is 2.57 bits per heavy atom. The second kappa shape index (κ2) is 7.76. The number of hydrogen-bond acceptors (Lipinski definition) is 4. The van der Waals surface area contributed by atoms with Crippen LogP contribution in [0.5, 0.6) is 0 Å². The summed E-state index contributed by atoms with van der Waals surface area (Å²) in [6.07, 6.45) is 0.558. The first kappa shape index (κ1) is 13.4. The van der Waals surface area contributed by atoms with Gasteiger partial charge in [-0.1, -0.05) is 6.92 Å². The molecule has 0 aliphatic rings. The van der Waals surface area contributed by atoms with Gasteiger partial charge < -0.3 is 9.84 Å². The molecule has 0 amide bonds. The maximum Gasteiger partial charge on any atom is 0.320 e. The fraction of sp³-hybridized carbons (Fsp3) is 0.900. The summed E-state index contributed by atoms with van der Waals surface area (Å²) < 4.78 is 4.84. The number of rotatable bonds is 7. The Morgan fingerprint density at radius 1 is 1.50 bits per heavy atom. The van der Waals surface area contributed by atoms with Crippen molar-refractivity contribution in [2.45, 2.75) is 33.3 Å². The first-order valence-electron chi connectivity index (χ1n) is 5.16. The summed E-state index contributed by atoms with van der Waals surface area (Å²) in [4.78, 5) is 13.1. The molecule has 0 fully saturated rings. The van der Waals surface area contributed by atoms with Crippen molar-refractivity contribution < 1.29 is 14.6 Å². The third kappa shape index (κ3) is 6.86. The highest BCUT2D eigenvalue weighted by Gasteiger charge is 2.12. The maximum absolute atomic E-state index is 11.2. The summed E-state index contributed by atoms with van der Waals surface area (Å²) in [6, 6.07) is 0. The molecule has 0 aliphatic heterocycles. The molecule has 0 saturated heterocycles. The molecule has 0 radical (unpaired) electrons. The number of ether oxygens (including phenoxy) is 1. The van der Waals surface area contributed by atoms with Crippen LogP contribution in [0.15, 0.2) is 0 Å². The van der Waals surface area contributed by atoms with Gasteiger partial charge >= 0.3 is 5.97 Å². The number of aliphatic hydroxyl groups is 1. The lowest BCUT2D eigenvalue weighted by Crippen LogP contribution is -2.36. The first-order valence-corrected chi connectivity index (χ1v) is 5.16. The number of hydrogen-bond donors (Lipinski definition) is 1. The van der Waals surface area contributed by atoms with Crippen molar-refractivity contribution in [2.75, 3.05) is 26.2 Å². The molecule has 14 heavy (non-hydrogen) atoms. The van der Waals surface area contributed by atoms with Gasteiger partial charge in [-0.05, 0) is 26.8 Å². The van der Waals surface area contributed by atoms with Crippen LogP contribution in [0.3, 0.4) is 0 Å². The third-order valence-corrected chi connectivity index (χ3v) is 1.72. The van der Waals surface area contributed by atoms with E-state index in [2.05, 4.69) is 0 Å². The second-order valence-corrected chi connectivity index (χ2v) is 3.39. The van der Waals surface area contributed by atoms with Crippen LogP contribution in [0.1, 0.15) is 27.2 Å². The molecule has 1 atom stereocenters. The van der Waals surface area contributed by atoms with Crippen molar-refractivity contribution >= 4 is 5.97 Å². The average molecular weight is 203 g/mol. The van der Waals surface area contributed by atoms with Crippen molar-refractivity contribution in [1.82, 2.24) is 4.90 Å². The fourth-order valence-corrected chi connectivity index (χ4v) is 1.31. The summed E-state index contributed by atoms with van der Waals surface area (Å²) in [7, 11) is 0. The van der Waals surface area contributed by atoms with E-state index in [1.165, 1.54) is 0 Å². The van der Waals surface area contributed by atoms with Crippen LogP contribution in [0.4, 0.5) is 0 Å². The molecule has 4 heteroatoms. The lowest BCUT2D eigenvalue weighted by Gasteiger charge is -2.21. The Bertz CT molecular complexity index is 159. The summed E-state index contributed by atoms with van der Waals surface area (Å²) in [5.41, 5.74) is 0. The molecule has 0 spiro atoms. The highest BCUT2D eigenvalue weighted by molar-refractivity contribution is 5.71. The molecule has 0 aromatic carbocycles. The molecule has 0 rings (SSSR count). The summed E-state index contributed by atoms with van der Waals surface area (Å²) in [6.45, 7) is 7.56. The van der Waals surface area contributed by atoms with Crippen LogP contribution in [-0.2, 0) is 9.53 Å². The van der Waals surface area contributed by atoms with Crippen molar-refractivity contribution in [3.63, 3.8) is 0 Å². The standard InChI is InChI=1S/C10H21NO3/c1-4-6-11(7-9(3)12)8-10(13)14-5-2/h9,12H,4-8H2,1-3H3. The Labute approximate surface area is 85.9 Å². The minimum absolute atomic E-state index is 0.221. The number of carbonyl (C=O) groups excluding carboxylic acids is 1. The zero-order valence-corrected chi connectivity index (χ0v) is 9.32. The van der Waals surface area contributed by atoms with Gasteiger partial charge in [-0.2, -0.15) is 0 Å². The van der Waals surface area contributed by atoms with Crippen molar-refractivity contribution in [3.05, 3.63) is 0 Å². The van der Waals surface area contributed by atoms with E-state index in [0.717, 1.165) is 13.0 Å². The number of carbonyl (C=O) groups is 1. The summed E-state index contributed by atoms with van der Waals surface area (Å²) in [5.74, 6) is -0.221. The van der Waals surface area contributed by atoms with Crippen LogP contribution in [0.25, 0.3) is 0 Å². The molecule has 0 aromatic heterocycles. The number of nitrogens with zero attached hydrogens (tertiary/aromatic N) is 1. The monoisotopic (exact) mass is 203 g/mol. The lowest BCUT2D eigenvalue weighted by atomic mass is 10.3. The predicted octanol–water partition coefficient (Wildman–Crippen LogP) is 0.642. The molecule has 1 N–H and O–H groups in total. The zero-order chi connectivity index (χ0) is 11.0. The minimum Gasteiger partial charge on any atom is -0.465 e. The van der Waals surface area contributed by atoms with Crippen LogP contribution in [0, 0.1) is 0 Å². The topological polar surface area (TPSA) is 49.8 Å². The van der Waals surface area contributed by atoms with Gasteiger partial charge in [0.2, 0.25) is 0 Å². The van der Waals surface area contributed by atoms with E-state index in [0.29, 0.717) is 13.2 Å². The predicted molar refractivity (Wildman–Crippen MR) is 55.0 cm³/mol. The van der Waals surface area contributed by atoms with Gasteiger partial charge in [0.25, 0.3) is 0 Å². The minimum atomic E-state index is -0.407. The first-order chi connectivity index (χ1) is 6.60. The largest absolute Gasteiger partial charge is 0.465 e. The summed E-state index contributed by atoms with van der Waals surface area (Å²) in [5, 5.41) is 9.20. The highest BCUT2D eigenvalue weighted by Crippen LogP contribution is 1.95. The summed E-state index contributed by atoms with van der Waals surface area (Å²) >= 11 is 0. The van der Waals surface area contributed by atoms with E-state index in [1.807, 2.05) is 11.8 Å². The lowest BCUT2D eigenvalue weighted by molar-refractivity contribution is -0.144. The van der Waals surface area contributed by atoms with Gasteiger partial charge in [0, 0.05) is 6.54 Å². The number of esters is 1. The molecule has 0 saturated carbocycles. The Morgan fingerprint density at radius 2 is 2.14 bits per heavy atom. The van der Waals surface area contributed by atoms with E-state index < -0.39 is 6.10 Å². The Hall–Kier alpha value is -0.610. The molecule has 84 valence electrons. The quantitative estimate of drug-likeness (QED) is 0.617. The van der Waals surface area contributed by atoms with E-state index in [9.17, 15) is 9.90 Å². The molecule has 0 aromatic rings. The Kier molecular flexibility index (Phi) is 7.42. The third-order valence-electron chi connectivity index (χ3n) is 1.72. The van der Waals surface area contributed by atoms with Crippen molar-refractivity contribution in [3.8, 4) is 0 Å². The molecule has 0 heterocycles. The van der Waals surface area contributed by atoms with E-state index >= 15 is 0 Å². The van der Waals surface area contributed by atoms with Gasteiger partial charge in [-0.3, -0.25) is 9.69 Å². The van der Waals surface area contributed by atoms with Crippen molar-refractivity contribution in [2.24, 2.45) is 0 Å². The van der Waals surface area contributed by atoms with Gasteiger partial charge in [-0.15, -0.1) is 0 Å². The van der Waals surface area contributed by atoms with E-state index in [-0.39, 0.29) is 12.5 Å². The van der Waals surface area contributed by atoms with Crippen LogP contribution in [0.2, 0.25) is 0 Å². The maximum atomic E-state index is 11.2. The van der Waals surface area contributed by atoms with Gasteiger partial charge in [0.15, 0.2) is 0 Å². The molecule has 0 bridgehead atoms. The van der Waals surface area contributed by atoms with Crippen molar-refractivity contribution in [1.29, 1.82) is 0 Å². The van der Waals surface area contributed by atoms with Gasteiger partial charge in [0.1, 0.15) is 0 Å². The second-order valence-electron chi connectivity index (χ2n) is 3.39. The van der Waals surface area contributed by atoms with Crippen LogP contribution < -0.4 is 0 Å². The molecular weight excluding hydrogens is 182 g/mol. The van der Waals surface area contributed by atoms with Gasteiger partial charge in [0.05, 0.1) is 19.3 Å². The SMILES string of the molecule is CCCN(CC(=O)OCC)CC(C)O. The highest BCUT2D eigenvalue weighted by atomic mass is 16.5. The Balaban J connectivity index is 3.88. The fourth-order valence-electron chi connectivity index (χ4n) is 1.31. The van der Waals surface area contributed by atoms with Gasteiger partial charge in [-0.25, -0.2) is 0 Å². The molecule has 1 unspecified atom stereocenters. The number of aliphatic hydroxyl groups excluding tert-OH is 1. The molecular formula is C10H21NO3. The zero-order valence-electron chi connectivity index (χ0n) is 9.32. The van der Waals surface area contributed by atoms with E-state index in [1.54, 1.807) is 13.8 Å².